The second kappa shape index (κ2) is 7.43. The Morgan fingerprint density at radius 3 is 2.61 bits per heavy atom. The zero-order valence-electron chi connectivity index (χ0n) is 16.1. The molecule has 4 rings (SSSR count). The summed E-state index contributed by atoms with van der Waals surface area (Å²) in [6.07, 6.45) is 4.23. The summed E-state index contributed by atoms with van der Waals surface area (Å²) < 4.78 is 0. The number of aromatic nitrogens is 1. The maximum absolute atomic E-state index is 12.8. The minimum atomic E-state index is -0.0235. The summed E-state index contributed by atoms with van der Waals surface area (Å²) >= 11 is 0. The van der Waals surface area contributed by atoms with Gasteiger partial charge in [-0.25, -0.2) is 0 Å². The number of hydrogen-bond donors (Lipinski definition) is 0. The molecule has 1 saturated heterocycles. The summed E-state index contributed by atoms with van der Waals surface area (Å²) in [5.74, 6) is 0.330. The van der Waals surface area contributed by atoms with E-state index in [1.165, 1.54) is 0 Å². The molecule has 1 aliphatic rings. The molecular formula is C23H23N3O2. The molecule has 5 nitrogen and oxygen atoms in total. The van der Waals surface area contributed by atoms with Crippen LogP contribution in [0.4, 0.5) is 0 Å². The van der Waals surface area contributed by atoms with Gasteiger partial charge in [-0.2, -0.15) is 0 Å². The fraction of sp³-hybridized carbons (Fsp3) is 0.261. The van der Waals surface area contributed by atoms with E-state index < -0.39 is 0 Å². The third kappa shape index (κ3) is 3.48. The highest BCUT2D eigenvalue weighted by Gasteiger charge is 2.28. The normalized spacial score (nSPS) is 16.6. The van der Waals surface area contributed by atoms with Gasteiger partial charge < -0.3 is 9.80 Å². The lowest BCUT2D eigenvalue weighted by molar-refractivity contribution is -0.126. The van der Waals surface area contributed by atoms with E-state index in [2.05, 4.69) is 11.1 Å². The highest BCUT2D eigenvalue weighted by atomic mass is 16.2. The Labute approximate surface area is 164 Å². The monoisotopic (exact) mass is 373 g/mol. The first-order valence-electron chi connectivity index (χ1n) is 9.45. The molecule has 3 aromatic rings. The third-order valence-electron chi connectivity index (χ3n) is 5.41. The number of rotatable bonds is 4. The number of fused-ring (bicyclic) bond motifs is 1. The van der Waals surface area contributed by atoms with Gasteiger partial charge in [-0.1, -0.05) is 36.4 Å². The van der Waals surface area contributed by atoms with E-state index in [0.717, 1.165) is 21.9 Å². The molecule has 1 aromatic heterocycles. The molecule has 142 valence electrons. The zero-order chi connectivity index (χ0) is 19.7. The molecule has 0 N–H and O–H groups in total. The van der Waals surface area contributed by atoms with Gasteiger partial charge in [-0.3, -0.25) is 14.6 Å². The Morgan fingerprint density at radius 1 is 1.14 bits per heavy atom. The number of likely N-dealkylation sites (tertiary alicyclic amines) is 1. The van der Waals surface area contributed by atoms with Crippen LogP contribution in [0.1, 0.15) is 16.8 Å². The maximum atomic E-state index is 12.8. The maximum Gasteiger partial charge on any atom is 0.253 e. The fourth-order valence-corrected chi connectivity index (χ4v) is 3.91. The van der Waals surface area contributed by atoms with E-state index >= 15 is 0 Å². The van der Waals surface area contributed by atoms with Crippen LogP contribution >= 0.6 is 0 Å². The first kappa shape index (κ1) is 18.2. The molecule has 2 aromatic carbocycles. The molecule has 1 atom stereocenters. The molecule has 0 bridgehead atoms. The Kier molecular flexibility index (Phi) is 4.82. The average Bonchev–Trinajstić information content (AvgIpc) is 3.04. The average molecular weight is 373 g/mol. The number of nitrogens with zero attached hydrogens (tertiary/aromatic N) is 3. The van der Waals surface area contributed by atoms with Gasteiger partial charge in [0.25, 0.3) is 5.91 Å². The predicted octanol–water partition coefficient (Wildman–Crippen LogP) is 3.45. The summed E-state index contributed by atoms with van der Waals surface area (Å²) in [7, 11) is 3.61. The fourth-order valence-electron chi connectivity index (χ4n) is 3.91. The van der Waals surface area contributed by atoms with Gasteiger partial charge in [0.2, 0.25) is 5.91 Å². The lowest BCUT2D eigenvalue weighted by atomic mass is 9.99. The standard InChI is InChI=1S/C23H23N3O2/c1-25-14-16(11-22(25)27)15-26(2)23(28)18-9-7-17(8-10-18)21-13-24-12-19-5-3-4-6-20(19)21/h3-10,12-13,16H,11,14-15H2,1-2H3/t16-/m1/s1. The van der Waals surface area contributed by atoms with Crippen molar-refractivity contribution in [2.24, 2.45) is 5.92 Å². The van der Waals surface area contributed by atoms with E-state index in [1.54, 1.807) is 16.8 Å². The van der Waals surface area contributed by atoms with Crippen molar-refractivity contribution in [3.05, 3.63) is 66.5 Å². The molecule has 1 aliphatic heterocycles. The number of amides is 2. The molecule has 2 heterocycles. The Balaban J connectivity index is 1.51. The van der Waals surface area contributed by atoms with Crippen molar-refractivity contribution >= 4 is 22.6 Å². The van der Waals surface area contributed by atoms with E-state index in [1.807, 2.05) is 61.9 Å². The van der Waals surface area contributed by atoms with E-state index in [4.69, 9.17) is 0 Å². The first-order valence-corrected chi connectivity index (χ1v) is 9.45. The molecule has 2 amide bonds. The molecule has 5 heteroatoms. The molecule has 28 heavy (non-hydrogen) atoms. The third-order valence-corrected chi connectivity index (χ3v) is 5.41. The van der Waals surface area contributed by atoms with Crippen LogP contribution in [0, 0.1) is 5.92 Å². The van der Waals surface area contributed by atoms with Gasteiger partial charge >= 0.3 is 0 Å². The van der Waals surface area contributed by atoms with E-state index in [-0.39, 0.29) is 17.7 Å². The lowest BCUT2D eigenvalue weighted by Gasteiger charge is -2.21. The van der Waals surface area contributed by atoms with E-state index in [9.17, 15) is 9.59 Å². The van der Waals surface area contributed by atoms with Gasteiger partial charge in [-0.05, 0) is 23.1 Å². The van der Waals surface area contributed by atoms with Crippen molar-refractivity contribution in [2.75, 3.05) is 27.2 Å². The van der Waals surface area contributed by atoms with Gasteiger partial charge in [0, 0.05) is 68.4 Å². The van der Waals surface area contributed by atoms with E-state index in [0.29, 0.717) is 25.1 Å². The highest BCUT2D eigenvalue weighted by Crippen LogP contribution is 2.28. The second-order valence-corrected chi connectivity index (χ2v) is 7.52. The molecule has 0 radical (unpaired) electrons. The highest BCUT2D eigenvalue weighted by molar-refractivity contribution is 5.97. The summed E-state index contributed by atoms with van der Waals surface area (Å²) in [4.78, 5) is 32.2. The van der Waals surface area contributed by atoms with Crippen molar-refractivity contribution in [3.8, 4) is 11.1 Å². The molecule has 0 saturated carbocycles. The predicted molar refractivity (Wildman–Crippen MR) is 110 cm³/mol. The molecule has 0 unspecified atom stereocenters. The van der Waals surface area contributed by atoms with Crippen LogP contribution in [-0.4, -0.2) is 53.8 Å². The molecular weight excluding hydrogens is 350 g/mol. The summed E-state index contributed by atoms with van der Waals surface area (Å²) in [5, 5.41) is 2.24. The number of hydrogen-bond acceptors (Lipinski definition) is 3. The number of carbonyl (C=O) groups excluding carboxylic acids is 2. The Morgan fingerprint density at radius 2 is 1.89 bits per heavy atom. The number of pyridine rings is 1. The van der Waals surface area contributed by atoms with Gasteiger partial charge in [0.15, 0.2) is 0 Å². The van der Waals surface area contributed by atoms with Crippen LogP contribution in [0.5, 0.6) is 0 Å². The summed E-state index contributed by atoms with van der Waals surface area (Å²) in [6.45, 7) is 1.30. The summed E-state index contributed by atoms with van der Waals surface area (Å²) in [5.41, 5.74) is 2.74. The van der Waals surface area contributed by atoms with Crippen LogP contribution in [0.2, 0.25) is 0 Å². The van der Waals surface area contributed by atoms with Crippen molar-refractivity contribution in [2.45, 2.75) is 6.42 Å². The van der Waals surface area contributed by atoms with Crippen molar-refractivity contribution < 1.29 is 9.59 Å². The quantitative estimate of drug-likeness (QED) is 0.704. The molecule has 0 aliphatic carbocycles. The first-order chi connectivity index (χ1) is 13.5. The van der Waals surface area contributed by atoms with Gasteiger partial charge in [-0.15, -0.1) is 0 Å². The largest absolute Gasteiger partial charge is 0.345 e. The van der Waals surface area contributed by atoms with Crippen molar-refractivity contribution in [1.29, 1.82) is 0 Å². The van der Waals surface area contributed by atoms with Crippen LogP contribution in [0.25, 0.3) is 21.9 Å². The zero-order valence-corrected chi connectivity index (χ0v) is 16.1. The van der Waals surface area contributed by atoms with Crippen LogP contribution in [0.15, 0.2) is 60.9 Å². The van der Waals surface area contributed by atoms with Crippen molar-refractivity contribution in [1.82, 2.24) is 14.8 Å². The minimum absolute atomic E-state index is 0.0235. The molecule has 0 spiro atoms. The SMILES string of the molecule is CN1C[C@H](CN(C)C(=O)c2ccc(-c3cncc4ccccc34)cc2)CC1=O. The van der Waals surface area contributed by atoms with Gasteiger partial charge in [0.05, 0.1) is 0 Å². The Hall–Kier alpha value is -3.21. The van der Waals surface area contributed by atoms with Crippen molar-refractivity contribution in [3.63, 3.8) is 0 Å². The minimum Gasteiger partial charge on any atom is -0.345 e. The second-order valence-electron chi connectivity index (χ2n) is 7.52. The smallest absolute Gasteiger partial charge is 0.253 e. The van der Waals surface area contributed by atoms with Crippen LogP contribution in [0.3, 0.4) is 0 Å². The summed E-state index contributed by atoms with van der Waals surface area (Å²) in [6, 6.07) is 15.8. The van der Waals surface area contributed by atoms with Gasteiger partial charge in [0.1, 0.15) is 0 Å². The number of carbonyl (C=O) groups is 2. The topological polar surface area (TPSA) is 53.5 Å². The lowest BCUT2D eigenvalue weighted by Crippen LogP contribution is -2.32. The number of benzene rings is 2. The molecule has 1 fully saturated rings. The van der Waals surface area contributed by atoms with Crippen LogP contribution < -0.4 is 0 Å². The Bertz CT molecular complexity index is 1020. The van der Waals surface area contributed by atoms with Crippen LogP contribution in [-0.2, 0) is 4.79 Å².